The van der Waals surface area contributed by atoms with Gasteiger partial charge in [0.05, 0.1) is 17.4 Å². The van der Waals surface area contributed by atoms with Crippen LogP contribution in [0.4, 0.5) is 0 Å². The van der Waals surface area contributed by atoms with Crippen LogP contribution in [0.5, 0.6) is 0 Å². The van der Waals surface area contributed by atoms with Crippen molar-refractivity contribution in [2.75, 3.05) is 0 Å². The predicted molar refractivity (Wildman–Crippen MR) is 96.6 cm³/mol. The second-order valence-corrected chi connectivity index (χ2v) is 9.03. The molecule has 4 rings (SSSR count). The summed E-state index contributed by atoms with van der Waals surface area (Å²) in [7, 11) is 0. The number of carboxylic acids is 1. The van der Waals surface area contributed by atoms with Gasteiger partial charge in [0, 0.05) is 10.3 Å². The molecule has 5 atom stereocenters. The summed E-state index contributed by atoms with van der Waals surface area (Å²) in [5.41, 5.74) is 6.76. The molecule has 3 aliphatic rings. The molecule has 1 aromatic rings. The van der Waals surface area contributed by atoms with E-state index >= 15 is 0 Å². The number of hydrazine groups is 1. The van der Waals surface area contributed by atoms with Crippen LogP contribution in [0.3, 0.4) is 0 Å². The lowest BCUT2D eigenvalue weighted by Gasteiger charge is -2.27. The van der Waals surface area contributed by atoms with Gasteiger partial charge < -0.3 is 5.11 Å². The molecule has 0 spiro atoms. The first-order valence-corrected chi connectivity index (χ1v) is 10.3. The first-order valence-electron chi connectivity index (χ1n) is 9.38. The molecule has 140 valence electrons. The van der Waals surface area contributed by atoms with Crippen LogP contribution in [0.1, 0.15) is 53.4 Å². The molecule has 1 aromatic heterocycles. The molecular formula is C19H24N2O4S. The van der Waals surface area contributed by atoms with Crippen molar-refractivity contribution in [3.05, 3.63) is 21.4 Å². The third kappa shape index (κ3) is 2.92. The Morgan fingerprint density at radius 2 is 1.85 bits per heavy atom. The molecule has 0 unspecified atom stereocenters. The van der Waals surface area contributed by atoms with Gasteiger partial charge in [-0.1, -0.05) is 6.92 Å². The summed E-state index contributed by atoms with van der Waals surface area (Å²) >= 11 is 1.61. The molecule has 0 radical (unpaired) electrons. The zero-order valence-corrected chi connectivity index (χ0v) is 15.6. The van der Waals surface area contributed by atoms with E-state index in [4.69, 9.17) is 0 Å². The largest absolute Gasteiger partial charge is 0.481 e. The Morgan fingerprint density at radius 3 is 2.58 bits per heavy atom. The summed E-state index contributed by atoms with van der Waals surface area (Å²) in [4.78, 5) is 37.9. The highest BCUT2D eigenvalue weighted by Crippen LogP contribution is 2.52. The molecule has 2 bridgehead atoms. The zero-order chi connectivity index (χ0) is 18.4. The summed E-state index contributed by atoms with van der Waals surface area (Å²) < 4.78 is 0. The van der Waals surface area contributed by atoms with E-state index in [9.17, 15) is 19.5 Å². The highest BCUT2D eigenvalue weighted by atomic mass is 32.1. The molecule has 0 aromatic carbocycles. The van der Waals surface area contributed by atoms with E-state index in [1.165, 1.54) is 4.88 Å². The molecule has 0 saturated heterocycles. The standard InChI is InChI=1S/C19H24N2O4S/c1-9-2-5-12-13(8-26-14(12)6-9)17(22)20-21-18(23)15-10-3-4-11(7-10)16(15)19(24)25/h8-11,15-16H,2-7H2,1H3,(H,20,22)(H,21,23)(H,24,25)/t9-,10+,11+,15-,16+/m1/s1. The maximum atomic E-state index is 12.6. The summed E-state index contributed by atoms with van der Waals surface area (Å²) in [6.07, 6.45) is 5.56. The molecule has 2 amide bonds. The Hall–Kier alpha value is -1.89. The summed E-state index contributed by atoms with van der Waals surface area (Å²) in [5.74, 6) is -1.88. The van der Waals surface area contributed by atoms with Crippen molar-refractivity contribution >= 4 is 29.1 Å². The Balaban J connectivity index is 1.41. The number of aliphatic carboxylic acids is 1. The first kappa shape index (κ1) is 17.5. The van der Waals surface area contributed by atoms with Crippen LogP contribution in [0.25, 0.3) is 0 Å². The minimum atomic E-state index is -0.898. The van der Waals surface area contributed by atoms with Gasteiger partial charge >= 0.3 is 5.97 Å². The van der Waals surface area contributed by atoms with Crippen molar-refractivity contribution in [3.63, 3.8) is 0 Å². The Kier molecular flexibility index (Phi) is 4.50. The summed E-state index contributed by atoms with van der Waals surface area (Å²) in [5, 5.41) is 11.3. The Morgan fingerprint density at radius 1 is 1.12 bits per heavy atom. The zero-order valence-electron chi connectivity index (χ0n) is 14.8. The van der Waals surface area contributed by atoms with Crippen molar-refractivity contribution in [2.45, 2.75) is 45.4 Å². The van der Waals surface area contributed by atoms with Gasteiger partial charge in [0.2, 0.25) is 5.91 Å². The fraction of sp³-hybridized carbons (Fsp3) is 0.632. The molecule has 2 fully saturated rings. The van der Waals surface area contributed by atoms with Gasteiger partial charge in [-0.15, -0.1) is 11.3 Å². The van der Waals surface area contributed by atoms with Crippen LogP contribution in [0.2, 0.25) is 0 Å². The van der Waals surface area contributed by atoms with Gasteiger partial charge in [0.25, 0.3) is 5.91 Å². The van der Waals surface area contributed by atoms with Crippen LogP contribution in [0.15, 0.2) is 5.38 Å². The highest BCUT2D eigenvalue weighted by Gasteiger charge is 2.54. The average Bonchev–Trinajstić information content (AvgIpc) is 3.32. The van der Waals surface area contributed by atoms with Gasteiger partial charge in [-0.3, -0.25) is 25.2 Å². The normalized spacial score (nSPS) is 32.1. The van der Waals surface area contributed by atoms with Gasteiger partial charge in [-0.2, -0.15) is 0 Å². The van der Waals surface area contributed by atoms with E-state index in [-0.39, 0.29) is 23.7 Å². The van der Waals surface area contributed by atoms with Gasteiger partial charge in [-0.25, -0.2) is 0 Å². The monoisotopic (exact) mass is 376 g/mol. The van der Waals surface area contributed by atoms with Crippen molar-refractivity contribution in [1.82, 2.24) is 10.9 Å². The van der Waals surface area contributed by atoms with Crippen molar-refractivity contribution < 1.29 is 19.5 Å². The number of thiophene rings is 1. The molecule has 2 saturated carbocycles. The number of rotatable bonds is 3. The van der Waals surface area contributed by atoms with E-state index in [0.29, 0.717) is 11.5 Å². The number of carbonyl (C=O) groups excluding carboxylic acids is 2. The number of nitrogens with one attached hydrogen (secondary N) is 2. The van der Waals surface area contributed by atoms with E-state index < -0.39 is 17.8 Å². The third-order valence-electron chi connectivity index (χ3n) is 6.45. The molecule has 26 heavy (non-hydrogen) atoms. The van der Waals surface area contributed by atoms with E-state index in [0.717, 1.165) is 44.1 Å². The Bertz CT molecular complexity index is 759. The lowest BCUT2D eigenvalue weighted by Crippen LogP contribution is -2.48. The van der Waals surface area contributed by atoms with Gasteiger partial charge in [0.1, 0.15) is 0 Å². The maximum absolute atomic E-state index is 12.6. The fourth-order valence-electron chi connectivity index (χ4n) is 5.16. The summed E-state index contributed by atoms with van der Waals surface area (Å²) in [6, 6.07) is 0. The highest BCUT2D eigenvalue weighted by molar-refractivity contribution is 7.10. The summed E-state index contributed by atoms with van der Waals surface area (Å²) in [6.45, 7) is 2.22. The molecule has 0 aliphatic heterocycles. The average molecular weight is 376 g/mol. The molecule has 3 aliphatic carbocycles. The third-order valence-corrected chi connectivity index (χ3v) is 7.50. The van der Waals surface area contributed by atoms with Crippen LogP contribution < -0.4 is 10.9 Å². The number of amides is 2. The molecule has 6 nitrogen and oxygen atoms in total. The first-order chi connectivity index (χ1) is 12.5. The number of fused-ring (bicyclic) bond motifs is 3. The minimum Gasteiger partial charge on any atom is -0.481 e. The van der Waals surface area contributed by atoms with E-state index in [1.54, 1.807) is 11.3 Å². The molecular weight excluding hydrogens is 352 g/mol. The fourth-order valence-corrected chi connectivity index (χ4v) is 6.41. The smallest absolute Gasteiger partial charge is 0.307 e. The van der Waals surface area contributed by atoms with Crippen LogP contribution in [0, 0.1) is 29.6 Å². The van der Waals surface area contributed by atoms with Crippen molar-refractivity contribution in [1.29, 1.82) is 0 Å². The predicted octanol–water partition coefficient (Wildman–Crippen LogP) is 2.38. The lowest BCUT2D eigenvalue weighted by molar-refractivity contribution is -0.149. The second-order valence-electron chi connectivity index (χ2n) is 8.07. The second kappa shape index (κ2) is 6.68. The molecule has 7 heteroatoms. The van der Waals surface area contributed by atoms with Crippen LogP contribution in [-0.4, -0.2) is 22.9 Å². The number of hydrogen-bond donors (Lipinski definition) is 3. The SMILES string of the molecule is C[C@@H]1CCc2c(C(=O)NNC(=O)[C@@H]3[C@H]4CC[C@@H](C4)[C@@H]3C(=O)O)csc2C1. The van der Waals surface area contributed by atoms with Crippen LogP contribution in [-0.2, 0) is 22.4 Å². The van der Waals surface area contributed by atoms with Gasteiger partial charge in [-0.05, 0) is 61.8 Å². The van der Waals surface area contributed by atoms with Crippen molar-refractivity contribution in [3.8, 4) is 0 Å². The van der Waals surface area contributed by atoms with Crippen molar-refractivity contribution in [2.24, 2.45) is 29.6 Å². The minimum absolute atomic E-state index is 0.0924. The topological polar surface area (TPSA) is 95.5 Å². The maximum Gasteiger partial charge on any atom is 0.307 e. The number of hydrogen-bond acceptors (Lipinski definition) is 4. The van der Waals surface area contributed by atoms with E-state index in [2.05, 4.69) is 17.8 Å². The quantitative estimate of drug-likeness (QED) is 0.706. The molecule has 3 N–H and O–H groups in total. The van der Waals surface area contributed by atoms with Gasteiger partial charge in [0.15, 0.2) is 0 Å². The number of carbonyl (C=O) groups is 3. The van der Waals surface area contributed by atoms with E-state index in [1.807, 2.05) is 5.38 Å². The Labute approximate surface area is 156 Å². The van der Waals surface area contributed by atoms with Crippen LogP contribution >= 0.6 is 11.3 Å². The lowest BCUT2D eigenvalue weighted by atomic mass is 9.79. The number of carboxylic acid groups (broad SMARTS) is 1. The molecule has 1 heterocycles.